The second-order valence-electron chi connectivity index (χ2n) is 6.54. The van der Waals surface area contributed by atoms with Crippen molar-refractivity contribution in [3.05, 3.63) is 53.6 Å². The fourth-order valence-corrected chi connectivity index (χ4v) is 3.28. The van der Waals surface area contributed by atoms with E-state index >= 15 is 0 Å². The zero-order valence-electron chi connectivity index (χ0n) is 14.9. The van der Waals surface area contributed by atoms with Gasteiger partial charge in [-0.2, -0.15) is 5.10 Å². The van der Waals surface area contributed by atoms with Crippen LogP contribution in [0.2, 0.25) is 0 Å². The van der Waals surface area contributed by atoms with Crippen LogP contribution in [0.5, 0.6) is 0 Å². The number of carbonyl (C=O) groups is 1. The number of nitrogens with one attached hydrogen (secondary N) is 1. The highest BCUT2D eigenvalue weighted by atomic mass is 16.5. The van der Waals surface area contributed by atoms with E-state index in [9.17, 15) is 4.79 Å². The number of aromatic nitrogens is 3. The Morgan fingerprint density at radius 1 is 1.44 bits per heavy atom. The number of H-pyrrole nitrogens is 1. The predicted molar refractivity (Wildman–Crippen MR) is 95.9 cm³/mol. The topological polar surface area (TPSA) is 71.1 Å². The van der Waals surface area contributed by atoms with E-state index in [1.54, 1.807) is 11.0 Å². The van der Waals surface area contributed by atoms with Crippen molar-refractivity contribution in [1.29, 1.82) is 0 Å². The lowest BCUT2D eigenvalue weighted by molar-refractivity contribution is -0.126. The number of ether oxygens (including phenoxy) is 1. The largest absolute Gasteiger partial charge is 0.376 e. The number of benzene rings is 1. The molecule has 0 bridgehead atoms. The standard InChI is InChI=1S/C19H24N4O2/c1-13-6-4-5-7-15(13)14(2)10-18(24)23(3)11-17-16(8-9-25-17)19-20-12-21-22-19/h4-7,10,12,16-17H,8-9,11H2,1-3H3,(H,20,21,22)/b14-10+/t16-,17-/m1/s1. The molecule has 6 heteroatoms. The summed E-state index contributed by atoms with van der Waals surface area (Å²) in [4.78, 5) is 18.5. The molecule has 0 unspecified atom stereocenters. The summed E-state index contributed by atoms with van der Waals surface area (Å²) in [6.45, 7) is 5.23. The Bertz CT molecular complexity index is 755. The van der Waals surface area contributed by atoms with Gasteiger partial charge in [-0.15, -0.1) is 0 Å². The molecule has 0 aliphatic carbocycles. The van der Waals surface area contributed by atoms with Crippen LogP contribution >= 0.6 is 0 Å². The van der Waals surface area contributed by atoms with Crippen LogP contribution in [0.4, 0.5) is 0 Å². The monoisotopic (exact) mass is 340 g/mol. The van der Waals surface area contributed by atoms with Gasteiger partial charge in [-0.3, -0.25) is 9.89 Å². The van der Waals surface area contributed by atoms with E-state index in [1.807, 2.05) is 32.2 Å². The van der Waals surface area contributed by atoms with Gasteiger partial charge in [0, 0.05) is 32.2 Å². The normalized spacial score (nSPS) is 20.7. The summed E-state index contributed by atoms with van der Waals surface area (Å²) in [5.41, 5.74) is 3.23. The first-order chi connectivity index (χ1) is 12.1. The first-order valence-electron chi connectivity index (χ1n) is 8.52. The van der Waals surface area contributed by atoms with Crippen molar-refractivity contribution in [2.45, 2.75) is 32.3 Å². The molecule has 0 spiro atoms. The SMILES string of the molecule is C/C(=C\C(=O)N(C)C[C@H]1OCC[C@H]1c1ncn[nH]1)c1ccccc1C. The first kappa shape index (κ1) is 17.4. The molecular weight excluding hydrogens is 316 g/mol. The van der Waals surface area contributed by atoms with E-state index in [2.05, 4.69) is 28.2 Å². The average Bonchev–Trinajstić information content (AvgIpc) is 3.26. The number of rotatable bonds is 5. The van der Waals surface area contributed by atoms with Gasteiger partial charge in [0.05, 0.1) is 6.10 Å². The molecule has 1 aliphatic rings. The molecule has 25 heavy (non-hydrogen) atoms. The Morgan fingerprint density at radius 2 is 2.24 bits per heavy atom. The van der Waals surface area contributed by atoms with Crippen molar-refractivity contribution in [2.75, 3.05) is 20.2 Å². The van der Waals surface area contributed by atoms with Crippen LogP contribution in [0.25, 0.3) is 5.57 Å². The van der Waals surface area contributed by atoms with Gasteiger partial charge >= 0.3 is 0 Å². The van der Waals surface area contributed by atoms with Crippen molar-refractivity contribution in [2.24, 2.45) is 0 Å². The molecule has 2 atom stereocenters. The smallest absolute Gasteiger partial charge is 0.246 e. The van der Waals surface area contributed by atoms with Crippen molar-refractivity contribution in [3.63, 3.8) is 0 Å². The highest BCUT2D eigenvalue weighted by Gasteiger charge is 2.33. The molecule has 1 saturated heterocycles. The Balaban J connectivity index is 1.66. The summed E-state index contributed by atoms with van der Waals surface area (Å²) in [6.07, 6.45) is 4.03. The van der Waals surface area contributed by atoms with E-state index in [4.69, 9.17) is 4.74 Å². The van der Waals surface area contributed by atoms with Gasteiger partial charge in [0.1, 0.15) is 12.2 Å². The Labute approximate surface area is 147 Å². The summed E-state index contributed by atoms with van der Waals surface area (Å²) >= 11 is 0. The number of nitrogens with zero attached hydrogens (tertiary/aromatic N) is 3. The van der Waals surface area contributed by atoms with Gasteiger partial charge < -0.3 is 9.64 Å². The van der Waals surface area contributed by atoms with Crippen LogP contribution < -0.4 is 0 Å². The number of likely N-dealkylation sites (N-methyl/N-ethyl adjacent to an activating group) is 1. The number of hydrogen-bond donors (Lipinski definition) is 1. The van der Waals surface area contributed by atoms with Crippen molar-refractivity contribution in [1.82, 2.24) is 20.1 Å². The van der Waals surface area contributed by atoms with E-state index in [0.29, 0.717) is 13.2 Å². The van der Waals surface area contributed by atoms with Gasteiger partial charge in [-0.1, -0.05) is 24.3 Å². The second kappa shape index (κ2) is 7.61. The van der Waals surface area contributed by atoms with Crippen molar-refractivity contribution in [3.8, 4) is 0 Å². The molecule has 132 valence electrons. The lowest BCUT2D eigenvalue weighted by atomic mass is 10.00. The molecule has 6 nitrogen and oxygen atoms in total. The summed E-state index contributed by atoms with van der Waals surface area (Å²) in [5, 5.41) is 6.83. The third-order valence-electron chi connectivity index (χ3n) is 4.73. The molecule has 1 fully saturated rings. The highest BCUT2D eigenvalue weighted by Crippen LogP contribution is 2.29. The third kappa shape index (κ3) is 3.96. The van der Waals surface area contributed by atoms with E-state index in [1.165, 1.54) is 6.33 Å². The van der Waals surface area contributed by atoms with Gasteiger partial charge in [0.25, 0.3) is 0 Å². The van der Waals surface area contributed by atoms with E-state index < -0.39 is 0 Å². The zero-order valence-corrected chi connectivity index (χ0v) is 14.9. The number of allylic oxidation sites excluding steroid dienone is 1. The summed E-state index contributed by atoms with van der Waals surface area (Å²) in [7, 11) is 1.81. The third-order valence-corrected chi connectivity index (χ3v) is 4.73. The first-order valence-corrected chi connectivity index (χ1v) is 8.52. The molecule has 1 aliphatic heterocycles. The maximum atomic E-state index is 12.6. The Morgan fingerprint density at radius 3 is 2.96 bits per heavy atom. The minimum Gasteiger partial charge on any atom is -0.376 e. The molecule has 1 amide bonds. The predicted octanol–water partition coefficient (Wildman–Crippen LogP) is 2.55. The highest BCUT2D eigenvalue weighted by molar-refractivity contribution is 5.95. The van der Waals surface area contributed by atoms with E-state index in [-0.39, 0.29) is 17.9 Å². The molecule has 0 saturated carbocycles. The fourth-order valence-electron chi connectivity index (χ4n) is 3.28. The molecule has 0 radical (unpaired) electrons. The van der Waals surface area contributed by atoms with Gasteiger partial charge in [-0.25, -0.2) is 4.98 Å². The molecule has 2 aromatic rings. The molecule has 1 N–H and O–H groups in total. The quantitative estimate of drug-likeness (QED) is 0.849. The Hall–Kier alpha value is -2.47. The molecule has 2 heterocycles. The maximum absolute atomic E-state index is 12.6. The van der Waals surface area contributed by atoms with Gasteiger partial charge in [0.2, 0.25) is 5.91 Å². The lowest BCUT2D eigenvalue weighted by Gasteiger charge is -2.23. The molecular formula is C19H24N4O2. The maximum Gasteiger partial charge on any atom is 0.246 e. The van der Waals surface area contributed by atoms with Gasteiger partial charge in [-0.05, 0) is 37.0 Å². The van der Waals surface area contributed by atoms with Crippen LogP contribution in [0.3, 0.4) is 0 Å². The van der Waals surface area contributed by atoms with Crippen LogP contribution in [-0.2, 0) is 9.53 Å². The average molecular weight is 340 g/mol. The number of amides is 1. The van der Waals surface area contributed by atoms with Crippen LogP contribution in [0.15, 0.2) is 36.7 Å². The van der Waals surface area contributed by atoms with E-state index in [0.717, 1.165) is 28.9 Å². The van der Waals surface area contributed by atoms with Crippen LogP contribution in [0.1, 0.15) is 36.2 Å². The minimum atomic E-state index is -0.0610. The van der Waals surface area contributed by atoms with Gasteiger partial charge in [0.15, 0.2) is 0 Å². The zero-order chi connectivity index (χ0) is 17.8. The number of hydrogen-bond acceptors (Lipinski definition) is 4. The molecule has 1 aromatic heterocycles. The van der Waals surface area contributed by atoms with Crippen molar-refractivity contribution >= 4 is 11.5 Å². The lowest BCUT2D eigenvalue weighted by Crippen LogP contribution is -2.35. The minimum absolute atomic E-state index is 0.0208. The Kier molecular flexibility index (Phi) is 5.28. The molecule has 1 aromatic carbocycles. The van der Waals surface area contributed by atoms with Crippen LogP contribution in [0, 0.1) is 6.92 Å². The van der Waals surface area contributed by atoms with Crippen molar-refractivity contribution < 1.29 is 9.53 Å². The second-order valence-corrected chi connectivity index (χ2v) is 6.54. The number of aromatic amines is 1. The fraction of sp³-hybridized carbons (Fsp3) is 0.421. The number of aryl methyl sites for hydroxylation is 1. The summed E-state index contributed by atoms with van der Waals surface area (Å²) in [6, 6.07) is 8.08. The summed E-state index contributed by atoms with van der Waals surface area (Å²) in [5.74, 6) is 0.960. The number of carbonyl (C=O) groups excluding carboxylic acids is 1. The van der Waals surface area contributed by atoms with Crippen LogP contribution in [-0.4, -0.2) is 52.3 Å². The summed E-state index contributed by atoms with van der Waals surface area (Å²) < 4.78 is 5.82. The molecule has 3 rings (SSSR count).